The van der Waals surface area contributed by atoms with Crippen LogP contribution in [0.5, 0.6) is 0 Å². The molecular weight excluding hydrogens is 248 g/mol. The molecule has 0 spiro atoms. The van der Waals surface area contributed by atoms with E-state index in [0.717, 1.165) is 0 Å². The van der Waals surface area contributed by atoms with Gasteiger partial charge >= 0.3 is 5.97 Å². The number of carboxylic acid groups (broad SMARTS) is 1. The molecule has 0 heterocycles. The maximum Gasteiger partial charge on any atom is 0.337 e. The standard InChI is InChI=1S/C13H18N2O4/c1-4-13(2,19-3)12(18)15-10-6-5-8(14)7-9(10)11(16)17/h5-7H,4,14H2,1-3H3,(H,15,18)(H,16,17). The average Bonchev–Trinajstić information content (AvgIpc) is 2.39. The Morgan fingerprint density at radius 2 is 2.11 bits per heavy atom. The second kappa shape index (κ2) is 5.71. The zero-order valence-corrected chi connectivity index (χ0v) is 11.2. The number of aromatic carboxylic acids is 1. The molecule has 104 valence electrons. The van der Waals surface area contributed by atoms with Crippen molar-refractivity contribution in [3.8, 4) is 0 Å². The molecule has 4 N–H and O–H groups in total. The number of hydrogen-bond donors (Lipinski definition) is 3. The van der Waals surface area contributed by atoms with E-state index in [9.17, 15) is 9.59 Å². The van der Waals surface area contributed by atoms with Crippen LogP contribution in [0.3, 0.4) is 0 Å². The molecule has 0 aliphatic heterocycles. The number of anilines is 2. The van der Waals surface area contributed by atoms with Gasteiger partial charge in [0, 0.05) is 12.8 Å². The van der Waals surface area contributed by atoms with Gasteiger partial charge in [-0.1, -0.05) is 6.92 Å². The largest absolute Gasteiger partial charge is 0.478 e. The maximum absolute atomic E-state index is 12.1. The van der Waals surface area contributed by atoms with Gasteiger partial charge in [0.25, 0.3) is 5.91 Å². The zero-order valence-electron chi connectivity index (χ0n) is 11.2. The van der Waals surface area contributed by atoms with Gasteiger partial charge in [0.1, 0.15) is 5.60 Å². The minimum Gasteiger partial charge on any atom is -0.478 e. The van der Waals surface area contributed by atoms with Gasteiger partial charge in [0.05, 0.1) is 11.3 Å². The van der Waals surface area contributed by atoms with Gasteiger partial charge in [-0.15, -0.1) is 0 Å². The number of carbonyl (C=O) groups is 2. The lowest BCUT2D eigenvalue weighted by molar-refractivity contribution is -0.136. The van der Waals surface area contributed by atoms with Crippen molar-refractivity contribution in [2.24, 2.45) is 0 Å². The quantitative estimate of drug-likeness (QED) is 0.704. The molecule has 6 heteroatoms. The molecule has 1 amide bonds. The Labute approximate surface area is 111 Å². The lowest BCUT2D eigenvalue weighted by atomic mass is 10.0. The van der Waals surface area contributed by atoms with E-state index in [4.69, 9.17) is 15.6 Å². The summed E-state index contributed by atoms with van der Waals surface area (Å²) in [6.07, 6.45) is 0.465. The highest BCUT2D eigenvalue weighted by molar-refractivity contribution is 6.03. The Morgan fingerprint density at radius 1 is 1.47 bits per heavy atom. The number of methoxy groups -OCH3 is 1. The van der Waals surface area contributed by atoms with Crippen LogP contribution < -0.4 is 11.1 Å². The van der Waals surface area contributed by atoms with Crippen molar-refractivity contribution >= 4 is 23.3 Å². The Morgan fingerprint density at radius 3 is 2.58 bits per heavy atom. The molecule has 0 radical (unpaired) electrons. The summed E-state index contributed by atoms with van der Waals surface area (Å²) in [6.45, 7) is 3.45. The molecule has 0 aliphatic carbocycles. The fourth-order valence-electron chi connectivity index (χ4n) is 1.50. The molecule has 0 bridgehead atoms. The highest BCUT2D eigenvalue weighted by Crippen LogP contribution is 2.22. The summed E-state index contributed by atoms with van der Waals surface area (Å²) >= 11 is 0. The number of nitrogens with two attached hydrogens (primary N) is 1. The van der Waals surface area contributed by atoms with Crippen LogP contribution >= 0.6 is 0 Å². The summed E-state index contributed by atoms with van der Waals surface area (Å²) in [5.74, 6) is -1.55. The summed E-state index contributed by atoms with van der Waals surface area (Å²) in [5, 5.41) is 11.6. The van der Waals surface area contributed by atoms with E-state index < -0.39 is 17.5 Å². The molecule has 0 aromatic heterocycles. The molecule has 0 saturated heterocycles. The van der Waals surface area contributed by atoms with Gasteiger partial charge in [-0.05, 0) is 31.5 Å². The normalized spacial score (nSPS) is 13.6. The molecule has 1 unspecified atom stereocenters. The first-order valence-electron chi connectivity index (χ1n) is 5.83. The number of rotatable bonds is 5. The molecule has 0 aliphatic rings. The maximum atomic E-state index is 12.1. The van der Waals surface area contributed by atoms with Crippen molar-refractivity contribution in [2.45, 2.75) is 25.9 Å². The van der Waals surface area contributed by atoms with Gasteiger partial charge in [-0.3, -0.25) is 4.79 Å². The molecule has 1 atom stereocenters. The third-order valence-corrected chi connectivity index (χ3v) is 3.13. The molecular formula is C13H18N2O4. The van der Waals surface area contributed by atoms with Crippen LogP contribution in [-0.2, 0) is 9.53 Å². The second-order valence-corrected chi connectivity index (χ2v) is 4.35. The molecule has 0 saturated carbocycles. The van der Waals surface area contributed by atoms with Crippen LogP contribution in [0.2, 0.25) is 0 Å². The van der Waals surface area contributed by atoms with E-state index in [1.165, 1.54) is 25.3 Å². The first-order chi connectivity index (χ1) is 8.84. The van der Waals surface area contributed by atoms with Crippen LogP contribution in [0.1, 0.15) is 30.6 Å². The summed E-state index contributed by atoms with van der Waals surface area (Å²) in [6, 6.07) is 4.29. The molecule has 19 heavy (non-hydrogen) atoms. The number of ether oxygens (including phenoxy) is 1. The van der Waals surface area contributed by atoms with Gasteiger partial charge in [-0.25, -0.2) is 4.79 Å². The summed E-state index contributed by atoms with van der Waals surface area (Å²) in [5.41, 5.74) is 5.00. The van der Waals surface area contributed by atoms with Gasteiger partial charge in [-0.2, -0.15) is 0 Å². The minimum absolute atomic E-state index is 0.0529. The van der Waals surface area contributed by atoms with Crippen LogP contribution in [-0.4, -0.2) is 29.7 Å². The lowest BCUT2D eigenvalue weighted by Gasteiger charge is -2.25. The van der Waals surface area contributed by atoms with E-state index in [0.29, 0.717) is 12.1 Å². The first-order valence-corrected chi connectivity index (χ1v) is 5.83. The Kier molecular flexibility index (Phi) is 4.50. The third-order valence-electron chi connectivity index (χ3n) is 3.13. The molecule has 1 rings (SSSR count). The smallest absolute Gasteiger partial charge is 0.337 e. The van der Waals surface area contributed by atoms with E-state index in [1.54, 1.807) is 6.92 Å². The topological polar surface area (TPSA) is 102 Å². The number of carboxylic acids is 1. The Balaban J connectivity index is 3.06. The van der Waals surface area contributed by atoms with Crippen LogP contribution in [0.15, 0.2) is 18.2 Å². The van der Waals surface area contributed by atoms with E-state index >= 15 is 0 Å². The average molecular weight is 266 g/mol. The van der Waals surface area contributed by atoms with E-state index in [2.05, 4.69) is 5.32 Å². The molecule has 1 aromatic carbocycles. The molecule has 6 nitrogen and oxygen atoms in total. The first kappa shape index (κ1) is 15.0. The van der Waals surface area contributed by atoms with Crippen molar-refractivity contribution in [1.29, 1.82) is 0 Å². The number of amides is 1. The van der Waals surface area contributed by atoms with Crippen molar-refractivity contribution in [1.82, 2.24) is 0 Å². The van der Waals surface area contributed by atoms with Crippen molar-refractivity contribution in [3.63, 3.8) is 0 Å². The summed E-state index contributed by atoms with van der Waals surface area (Å²) in [7, 11) is 1.43. The fraction of sp³-hybridized carbons (Fsp3) is 0.385. The van der Waals surface area contributed by atoms with E-state index in [-0.39, 0.29) is 11.3 Å². The van der Waals surface area contributed by atoms with Gasteiger partial charge in [0.15, 0.2) is 0 Å². The SMILES string of the molecule is CCC(C)(OC)C(=O)Nc1ccc(N)cc1C(=O)O. The van der Waals surface area contributed by atoms with Crippen LogP contribution in [0.4, 0.5) is 11.4 Å². The number of nitrogen functional groups attached to an aromatic ring is 1. The summed E-state index contributed by atoms with van der Waals surface area (Å²) < 4.78 is 5.16. The monoisotopic (exact) mass is 266 g/mol. The van der Waals surface area contributed by atoms with Gasteiger partial charge in [0.2, 0.25) is 0 Å². The van der Waals surface area contributed by atoms with Crippen molar-refractivity contribution in [3.05, 3.63) is 23.8 Å². The predicted octanol–water partition coefficient (Wildman–Crippen LogP) is 1.72. The third kappa shape index (κ3) is 3.23. The van der Waals surface area contributed by atoms with Crippen LogP contribution in [0.25, 0.3) is 0 Å². The van der Waals surface area contributed by atoms with Crippen molar-refractivity contribution in [2.75, 3.05) is 18.2 Å². The number of benzene rings is 1. The van der Waals surface area contributed by atoms with E-state index in [1.807, 2.05) is 6.92 Å². The van der Waals surface area contributed by atoms with Gasteiger partial charge < -0.3 is 20.9 Å². The summed E-state index contributed by atoms with van der Waals surface area (Å²) in [4.78, 5) is 23.2. The highest BCUT2D eigenvalue weighted by Gasteiger charge is 2.31. The number of hydrogen-bond acceptors (Lipinski definition) is 4. The second-order valence-electron chi connectivity index (χ2n) is 4.35. The highest BCUT2D eigenvalue weighted by atomic mass is 16.5. The van der Waals surface area contributed by atoms with Crippen molar-refractivity contribution < 1.29 is 19.4 Å². The molecule has 1 aromatic rings. The zero-order chi connectivity index (χ0) is 14.6. The Hall–Kier alpha value is -2.08. The predicted molar refractivity (Wildman–Crippen MR) is 72.1 cm³/mol. The molecule has 0 fully saturated rings. The minimum atomic E-state index is -1.15. The van der Waals surface area contributed by atoms with Crippen LogP contribution in [0, 0.1) is 0 Å². The number of nitrogens with one attached hydrogen (secondary N) is 1. The Bertz CT molecular complexity index is 495. The fourth-order valence-corrected chi connectivity index (χ4v) is 1.50. The lowest BCUT2D eigenvalue weighted by Crippen LogP contribution is -2.41. The number of carbonyl (C=O) groups excluding carboxylic acids is 1.